The molecule has 2 fully saturated rings. The van der Waals surface area contributed by atoms with E-state index in [-0.39, 0.29) is 36.3 Å². The number of rotatable bonds is 11. The molecule has 2 N–H and O–H groups in total. The number of carbonyl (C=O) groups is 2. The third kappa shape index (κ3) is 8.24. The summed E-state index contributed by atoms with van der Waals surface area (Å²) in [4.78, 5) is 31.4. The number of likely N-dealkylation sites (N-methyl/N-ethyl adjacent to an activating group) is 1. The van der Waals surface area contributed by atoms with Gasteiger partial charge in [0.25, 0.3) is 5.91 Å². The number of allylic oxidation sites excluding steroid dienone is 4. The number of nitrogens with one attached hydrogen (secondary N) is 2. The Kier molecular flexibility index (Phi) is 12.9. The number of carbonyl (C=O) groups excluding carboxylic acids is 2. The molecule has 4 aliphatic rings. The van der Waals surface area contributed by atoms with E-state index >= 15 is 0 Å². The van der Waals surface area contributed by atoms with Crippen LogP contribution in [0.15, 0.2) is 65.4 Å². The minimum Gasteiger partial charge on any atom is -0.484 e. The lowest BCUT2D eigenvalue weighted by Gasteiger charge is -2.37. The van der Waals surface area contributed by atoms with Gasteiger partial charge in [0.15, 0.2) is 5.90 Å². The van der Waals surface area contributed by atoms with Crippen molar-refractivity contribution in [3.63, 3.8) is 0 Å². The van der Waals surface area contributed by atoms with Gasteiger partial charge < -0.3 is 24.8 Å². The summed E-state index contributed by atoms with van der Waals surface area (Å²) in [5.74, 6) is 1.38. The van der Waals surface area contributed by atoms with Crippen LogP contribution in [0.25, 0.3) is 0 Å². The normalized spacial score (nSPS) is 23.2. The molecule has 1 aromatic rings. The maximum absolute atomic E-state index is 13.2. The molecule has 4 unspecified atom stereocenters. The van der Waals surface area contributed by atoms with Crippen molar-refractivity contribution in [1.29, 1.82) is 10.7 Å². The van der Waals surface area contributed by atoms with Crippen LogP contribution in [0.3, 0.4) is 0 Å². The van der Waals surface area contributed by atoms with Crippen molar-refractivity contribution in [3.8, 4) is 6.07 Å². The summed E-state index contributed by atoms with van der Waals surface area (Å²) >= 11 is 0. The number of fused-ring (bicyclic) bond motifs is 2. The number of methoxy groups -OCH3 is 1. The molecule has 1 saturated heterocycles. The second-order valence-corrected chi connectivity index (χ2v) is 14.9. The van der Waals surface area contributed by atoms with E-state index in [0.717, 1.165) is 59.6 Å². The van der Waals surface area contributed by atoms with E-state index in [1.165, 1.54) is 25.5 Å². The maximum atomic E-state index is 13.2. The van der Waals surface area contributed by atoms with Gasteiger partial charge in [0.1, 0.15) is 6.04 Å². The summed E-state index contributed by atoms with van der Waals surface area (Å²) in [6, 6.07) is 7.97. The fourth-order valence-corrected chi connectivity index (χ4v) is 7.77. The van der Waals surface area contributed by atoms with E-state index in [9.17, 15) is 20.3 Å². The molecule has 0 radical (unpaired) electrons. The molecule has 0 spiro atoms. The summed E-state index contributed by atoms with van der Waals surface area (Å²) in [5.41, 5.74) is 5.83. The highest BCUT2D eigenvalue weighted by atomic mass is 16.5. The predicted molar refractivity (Wildman–Crippen MR) is 201 cm³/mol. The fraction of sp³-hybridized carbons (Fsp3) is 0.561. The molecule has 2 amide bonds. The van der Waals surface area contributed by atoms with Crippen molar-refractivity contribution in [3.05, 3.63) is 82.1 Å². The molecule has 50 heavy (non-hydrogen) atoms. The Balaban J connectivity index is 0.000000860. The largest absolute Gasteiger partial charge is 0.484 e. The van der Waals surface area contributed by atoms with Crippen LogP contribution in [0.4, 0.5) is 0 Å². The molecule has 1 aliphatic heterocycles. The van der Waals surface area contributed by atoms with Gasteiger partial charge in [0.05, 0.1) is 25.1 Å². The number of hydrogen-bond donors (Lipinski definition) is 2. The molecule has 9 heteroatoms. The molecular formula is C41H58N6O3. The summed E-state index contributed by atoms with van der Waals surface area (Å²) in [7, 11) is 8.98. The van der Waals surface area contributed by atoms with Crippen molar-refractivity contribution in [1.82, 2.24) is 20.0 Å². The first-order valence-corrected chi connectivity index (χ1v) is 18.2. The van der Waals surface area contributed by atoms with Gasteiger partial charge in [-0.1, -0.05) is 70.1 Å². The van der Waals surface area contributed by atoms with Crippen LogP contribution < -0.4 is 5.32 Å². The third-order valence-electron chi connectivity index (χ3n) is 10.6. The van der Waals surface area contributed by atoms with Crippen LogP contribution in [0, 0.1) is 28.6 Å². The number of benzene rings is 1. The van der Waals surface area contributed by atoms with E-state index in [2.05, 4.69) is 57.0 Å². The fourth-order valence-electron chi connectivity index (χ4n) is 7.77. The Morgan fingerprint density at radius 3 is 2.50 bits per heavy atom. The number of piperidine rings is 1. The van der Waals surface area contributed by atoms with Crippen LogP contribution in [-0.4, -0.2) is 92.9 Å². The Morgan fingerprint density at radius 2 is 1.90 bits per heavy atom. The molecule has 270 valence electrons. The van der Waals surface area contributed by atoms with Gasteiger partial charge in [-0.2, -0.15) is 5.26 Å². The topological polar surface area (TPSA) is 113 Å². The minimum atomic E-state index is -0.935. The van der Waals surface area contributed by atoms with Crippen molar-refractivity contribution >= 4 is 17.7 Å². The molecular weight excluding hydrogens is 624 g/mol. The zero-order chi connectivity index (χ0) is 36.7. The number of nitriles is 1. The summed E-state index contributed by atoms with van der Waals surface area (Å²) in [6.45, 7) is 11.6. The maximum Gasteiger partial charge on any atom is 0.253 e. The van der Waals surface area contributed by atoms with Crippen molar-refractivity contribution < 1.29 is 14.3 Å². The predicted octanol–water partition coefficient (Wildman–Crippen LogP) is 6.39. The number of ether oxygens (including phenoxy) is 1. The zero-order valence-corrected chi connectivity index (χ0v) is 31.6. The second-order valence-electron chi connectivity index (χ2n) is 14.9. The molecule has 3 aliphatic carbocycles. The molecule has 1 saturated carbocycles. The lowest BCUT2D eigenvalue weighted by Crippen LogP contribution is -2.45. The number of hydrogen-bond acceptors (Lipinski definition) is 7. The van der Waals surface area contributed by atoms with Gasteiger partial charge in [-0.05, 0) is 91.3 Å². The Bertz CT molecular complexity index is 1600. The van der Waals surface area contributed by atoms with Crippen molar-refractivity contribution in [2.45, 2.75) is 89.6 Å². The quantitative estimate of drug-likeness (QED) is 0.159. The smallest absolute Gasteiger partial charge is 0.253 e. The number of aryl methyl sites for hydroxylation is 1. The molecule has 0 bridgehead atoms. The summed E-state index contributed by atoms with van der Waals surface area (Å²) in [5, 5.41) is 22.2. The molecule has 5 rings (SSSR count). The van der Waals surface area contributed by atoms with Gasteiger partial charge >= 0.3 is 0 Å². The average molecular weight is 683 g/mol. The number of likely N-dealkylation sites (tertiary alicyclic amines) is 1. The summed E-state index contributed by atoms with van der Waals surface area (Å²) in [6.07, 6.45) is 13.6. The molecule has 1 heterocycles. The highest BCUT2D eigenvalue weighted by Crippen LogP contribution is 2.48. The van der Waals surface area contributed by atoms with Crippen LogP contribution in [0.2, 0.25) is 0 Å². The Hall–Kier alpha value is -4.16. The second kappa shape index (κ2) is 16.7. The van der Waals surface area contributed by atoms with E-state index in [1.54, 1.807) is 23.9 Å². The number of nitrogens with zero attached hydrogens (tertiary/aromatic N) is 4. The number of amides is 2. The highest BCUT2D eigenvalue weighted by molar-refractivity contribution is 5.96. The Labute approximate surface area is 300 Å². The van der Waals surface area contributed by atoms with Gasteiger partial charge in [-0.3, -0.25) is 15.0 Å². The van der Waals surface area contributed by atoms with Gasteiger partial charge in [-0.15, -0.1) is 0 Å². The Morgan fingerprint density at radius 1 is 1.16 bits per heavy atom. The standard InChI is InChI=1S/C35H44N6O3.C6H14/c1-22(39(2)3)23-7-8-24-9-10-25-17-26(33(43)40(4)5)12-14-30(25)35(34(37)44-6,29(24)13-11-23)15-16-38-21-32(42)41-28(20-36)18-27-19-31(27)41;1-4-5-6(2)3/h7,11-14,17,27-28,31,37-38H,1,8-10,15-16,18-19,21H2,2-6H3;6H,4-5H2,1-3H3. The molecule has 0 aromatic heterocycles. The SMILES string of the molecule is C=C(C1=CCC2=C(C=C1)C(CCNCC(=O)N1C(C#N)CC3CC31)(C(=N)OC)c1ccc(C(=O)N(C)C)cc1CC2)N(C)C.CCCC(C)C. The van der Waals surface area contributed by atoms with Crippen LogP contribution in [0.5, 0.6) is 0 Å². The average Bonchev–Trinajstić information content (AvgIpc) is 3.82. The minimum absolute atomic E-state index is 0.0455. The van der Waals surface area contributed by atoms with Gasteiger partial charge in [0, 0.05) is 45.5 Å². The van der Waals surface area contributed by atoms with Crippen LogP contribution >= 0.6 is 0 Å². The van der Waals surface area contributed by atoms with Crippen molar-refractivity contribution in [2.24, 2.45) is 11.8 Å². The van der Waals surface area contributed by atoms with E-state index in [0.29, 0.717) is 30.9 Å². The van der Waals surface area contributed by atoms with Crippen LogP contribution in [-0.2, 0) is 21.4 Å². The monoisotopic (exact) mass is 682 g/mol. The molecule has 9 nitrogen and oxygen atoms in total. The van der Waals surface area contributed by atoms with E-state index in [4.69, 9.17) is 4.74 Å². The van der Waals surface area contributed by atoms with Crippen molar-refractivity contribution in [2.75, 3.05) is 48.4 Å². The van der Waals surface area contributed by atoms with Gasteiger partial charge in [0.2, 0.25) is 5.91 Å². The first-order chi connectivity index (χ1) is 23.8. The van der Waals surface area contributed by atoms with Gasteiger partial charge in [-0.25, -0.2) is 0 Å². The first kappa shape index (κ1) is 38.6. The van der Waals surface area contributed by atoms with Crippen LogP contribution in [0.1, 0.15) is 87.2 Å². The van der Waals surface area contributed by atoms with E-state index in [1.807, 2.05) is 37.2 Å². The van der Waals surface area contributed by atoms with E-state index < -0.39 is 5.41 Å². The summed E-state index contributed by atoms with van der Waals surface area (Å²) < 4.78 is 5.79. The lowest BCUT2D eigenvalue weighted by molar-refractivity contribution is -0.131. The first-order valence-electron chi connectivity index (χ1n) is 18.2. The third-order valence-corrected chi connectivity index (χ3v) is 10.6. The lowest BCUT2D eigenvalue weighted by atomic mass is 9.68. The highest BCUT2D eigenvalue weighted by Gasteiger charge is 2.54. The molecule has 1 aromatic carbocycles. The molecule has 4 atom stereocenters. The zero-order valence-electron chi connectivity index (χ0n) is 31.6.